The summed E-state index contributed by atoms with van der Waals surface area (Å²) in [6.45, 7) is 0.566. The Balaban J connectivity index is 2.13. The predicted octanol–water partition coefficient (Wildman–Crippen LogP) is 0.796. The van der Waals surface area contributed by atoms with Crippen molar-refractivity contribution in [3.05, 3.63) is 24.0 Å². The van der Waals surface area contributed by atoms with E-state index in [0.29, 0.717) is 6.54 Å². The molecule has 0 aromatic carbocycles. The summed E-state index contributed by atoms with van der Waals surface area (Å²) in [5, 5.41) is 2.58. The Morgan fingerprint density at radius 2 is 2.55 bits per heavy atom. The van der Waals surface area contributed by atoms with E-state index in [1.807, 2.05) is 18.5 Å². The number of nitrogens with one attached hydrogen (secondary N) is 2. The molecule has 1 atom stereocenters. The van der Waals surface area contributed by atoms with Crippen LogP contribution in [0.4, 0.5) is 4.79 Å². The van der Waals surface area contributed by atoms with Crippen molar-refractivity contribution in [3.8, 4) is 0 Å². The van der Waals surface area contributed by atoms with Crippen LogP contribution in [0.25, 0.3) is 0 Å². The molecule has 1 aliphatic heterocycles. The Morgan fingerprint density at radius 3 is 3.09 bits per heavy atom. The van der Waals surface area contributed by atoms with Crippen LogP contribution in [0.3, 0.4) is 0 Å². The number of cyclic esters (lactones) is 1. The van der Waals surface area contributed by atoms with Crippen molar-refractivity contribution >= 4 is 6.09 Å². The second-order valence-electron chi connectivity index (χ2n) is 2.42. The van der Waals surface area contributed by atoms with Crippen molar-refractivity contribution in [1.29, 1.82) is 0 Å². The van der Waals surface area contributed by atoms with Crippen LogP contribution in [-0.2, 0) is 4.74 Å². The van der Waals surface area contributed by atoms with E-state index in [1.54, 1.807) is 0 Å². The fourth-order valence-corrected chi connectivity index (χ4v) is 1.11. The molecule has 0 bridgehead atoms. The Labute approximate surface area is 63.6 Å². The van der Waals surface area contributed by atoms with E-state index in [1.165, 1.54) is 0 Å². The van der Waals surface area contributed by atoms with Crippen LogP contribution in [0.2, 0.25) is 0 Å². The molecule has 1 saturated heterocycles. The number of aromatic nitrogens is 1. The maximum Gasteiger partial charge on any atom is 0.407 e. The topological polar surface area (TPSA) is 54.1 Å². The van der Waals surface area contributed by atoms with Gasteiger partial charge in [0.1, 0.15) is 6.10 Å². The summed E-state index contributed by atoms with van der Waals surface area (Å²) >= 11 is 0. The summed E-state index contributed by atoms with van der Waals surface area (Å²) in [6.07, 6.45) is 3.18. The molecule has 0 saturated carbocycles. The van der Waals surface area contributed by atoms with Gasteiger partial charge in [0.25, 0.3) is 0 Å². The molecule has 4 nitrogen and oxygen atoms in total. The van der Waals surface area contributed by atoms with Crippen molar-refractivity contribution in [2.75, 3.05) is 6.54 Å². The van der Waals surface area contributed by atoms with Crippen LogP contribution in [0.5, 0.6) is 0 Å². The number of hydrogen-bond acceptors (Lipinski definition) is 2. The van der Waals surface area contributed by atoms with E-state index in [9.17, 15) is 4.79 Å². The summed E-state index contributed by atoms with van der Waals surface area (Å²) in [4.78, 5) is 13.5. The van der Waals surface area contributed by atoms with E-state index in [2.05, 4.69) is 10.3 Å². The molecular formula is C7H8N2O2. The van der Waals surface area contributed by atoms with E-state index in [0.717, 1.165) is 5.56 Å². The lowest BCUT2D eigenvalue weighted by atomic mass is 10.2. The molecule has 4 heteroatoms. The van der Waals surface area contributed by atoms with Crippen molar-refractivity contribution in [2.45, 2.75) is 6.10 Å². The third-order valence-corrected chi connectivity index (χ3v) is 1.67. The molecular weight excluding hydrogens is 144 g/mol. The number of hydrogen-bond donors (Lipinski definition) is 2. The van der Waals surface area contributed by atoms with Gasteiger partial charge in [0.15, 0.2) is 0 Å². The highest BCUT2D eigenvalue weighted by Gasteiger charge is 2.23. The molecule has 1 aromatic heterocycles. The maximum absolute atomic E-state index is 10.6. The summed E-state index contributed by atoms with van der Waals surface area (Å²) in [7, 11) is 0. The standard InChI is InChI=1S/C7H8N2O2/c10-7-9-4-6(11-7)5-1-2-8-3-5/h1-3,6,8H,4H2,(H,9,10). The summed E-state index contributed by atoms with van der Waals surface area (Å²) in [6, 6.07) is 1.89. The minimum atomic E-state index is -0.337. The number of carbonyl (C=O) groups is 1. The minimum Gasteiger partial charge on any atom is -0.439 e. The highest BCUT2D eigenvalue weighted by Crippen LogP contribution is 2.19. The number of alkyl carbamates (subject to hydrolysis) is 1. The van der Waals surface area contributed by atoms with Gasteiger partial charge in [-0.05, 0) is 6.07 Å². The zero-order valence-electron chi connectivity index (χ0n) is 5.83. The predicted molar refractivity (Wildman–Crippen MR) is 38.0 cm³/mol. The van der Waals surface area contributed by atoms with Crippen LogP contribution < -0.4 is 5.32 Å². The maximum atomic E-state index is 10.6. The second kappa shape index (κ2) is 2.30. The number of ether oxygens (including phenoxy) is 1. The average molecular weight is 152 g/mol. The van der Waals surface area contributed by atoms with Crippen molar-refractivity contribution < 1.29 is 9.53 Å². The van der Waals surface area contributed by atoms with Gasteiger partial charge in [0.2, 0.25) is 0 Å². The molecule has 2 N–H and O–H groups in total. The largest absolute Gasteiger partial charge is 0.439 e. The van der Waals surface area contributed by atoms with Crippen LogP contribution in [0.15, 0.2) is 18.5 Å². The molecule has 0 aliphatic carbocycles. The monoisotopic (exact) mass is 152 g/mol. The summed E-state index contributed by atoms with van der Waals surface area (Å²) < 4.78 is 4.94. The first-order chi connectivity index (χ1) is 5.36. The van der Waals surface area contributed by atoms with E-state index in [-0.39, 0.29) is 12.2 Å². The van der Waals surface area contributed by atoms with Gasteiger partial charge in [0, 0.05) is 18.0 Å². The third kappa shape index (κ3) is 1.07. The van der Waals surface area contributed by atoms with E-state index in [4.69, 9.17) is 4.74 Å². The smallest absolute Gasteiger partial charge is 0.407 e. The fraction of sp³-hybridized carbons (Fsp3) is 0.286. The van der Waals surface area contributed by atoms with Gasteiger partial charge in [-0.3, -0.25) is 0 Å². The van der Waals surface area contributed by atoms with Crippen LogP contribution >= 0.6 is 0 Å². The van der Waals surface area contributed by atoms with Crippen molar-refractivity contribution in [2.24, 2.45) is 0 Å². The van der Waals surface area contributed by atoms with Gasteiger partial charge in [-0.25, -0.2) is 4.79 Å². The molecule has 1 aromatic rings. The highest BCUT2D eigenvalue weighted by atomic mass is 16.6. The molecule has 2 rings (SSSR count). The molecule has 1 aliphatic rings. The SMILES string of the molecule is O=C1NCC(c2cc[nH]c2)O1. The van der Waals surface area contributed by atoms with Gasteiger partial charge in [0.05, 0.1) is 6.54 Å². The molecule has 58 valence electrons. The zero-order valence-corrected chi connectivity index (χ0v) is 5.83. The lowest BCUT2D eigenvalue weighted by molar-refractivity contribution is 0.141. The summed E-state index contributed by atoms with van der Waals surface area (Å²) in [5.74, 6) is 0. The first-order valence-electron chi connectivity index (χ1n) is 3.43. The Hall–Kier alpha value is -1.45. The van der Waals surface area contributed by atoms with E-state index >= 15 is 0 Å². The number of rotatable bonds is 1. The Kier molecular flexibility index (Phi) is 1.31. The first kappa shape index (κ1) is 6.27. The molecule has 1 amide bonds. The molecule has 1 unspecified atom stereocenters. The Bertz CT molecular complexity index is 255. The third-order valence-electron chi connectivity index (χ3n) is 1.67. The lowest BCUT2D eigenvalue weighted by Crippen LogP contribution is -2.12. The number of carbonyl (C=O) groups excluding carboxylic acids is 1. The van der Waals surface area contributed by atoms with Crippen molar-refractivity contribution in [3.63, 3.8) is 0 Å². The molecule has 1 fully saturated rings. The quantitative estimate of drug-likeness (QED) is 0.625. The van der Waals surface area contributed by atoms with Gasteiger partial charge in [-0.1, -0.05) is 0 Å². The highest BCUT2D eigenvalue weighted by molar-refractivity contribution is 5.69. The summed E-state index contributed by atoms with van der Waals surface area (Å²) in [5.41, 5.74) is 1.00. The van der Waals surface area contributed by atoms with Gasteiger partial charge >= 0.3 is 6.09 Å². The minimum absolute atomic E-state index is 0.117. The average Bonchev–Trinajstić information content (AvgIpc) is 2.55. The second-order valence-corrected chi connectivity index (χ2v) is 2.42. The Morgan fingerprint density at radius 1 is 1.64 bits per heavy atom. The van der Waals surface area contributed by atoms with Crippen LogP contribution in [0.1, 0.15) is 11.7 Å². The molecule has 2 heterocycles. The molecule has 0 spiro atoms. The lowest BCUT2D eigenvalue weighted by Gasteiger charge is -2.02. The molecule has 11 heavy (non-hydrogen) atoms. The van der Waals surface area contributed by atoms with Crippen LogP contribution in [-0.4, -0.2) is 17.6 Å². The zero-order chi connectivity index (χ0) is 7.68. The normalized spacial score (nSPS) is 22.9. The van der Waals surface area contributed by atoms with Gasteiger partial charge < -0.3 is 15.0 Å². The number of aromatic amines is 1. The van der Waals surface area contributed by atoms with Gasteiger partial charge in [-0.15, -0.1) is 0 Å². The van der Waals surface area contributed by atoms with Crippen molar-refractivity contribution in [1.82, 2.24) is 10.3 Å². The number of amides is 1. The number of H-pyrrole nitrogens is 1. The first-order valence-corrected chi connectivity index (χ1v) is 3.43. The molecule has 0 radical (unpaired) electrons. The fourth-order valence-electron chi connectivity index (χ4n) is 1.11. The van der Waals surface area contributed by atoms with Crippen LogP contribution in [0, 0.1) is 0 Å². The van der Waals surface area contributed by atoms with E-state index < -0.39 is 0 Å². The van der Waals surface area contributed by atoms with Gasteiger partial charge in [-0.2, -0.15) is 0 Å².